The van der Waals surface area contributed by atoms with Crippen molar-refractivity contribution in [2.75, 3.05) is 0 Å². The molecule has 1 unspecified atom stereocenters. The van der Waals surface area contributed by atoms with Gasteiger partial charge in [-0.1, -0.05) is 72.4 Å². The van der Waals surface area contributed by atoms with Crippen LogP contribution in [0.4, 0.5) is 0 Å². The van der Waals surface area contributed by atoms with Crippen LogP contribution < -0.4 is 0 Å². The lowest BCUT2D eigenvalue weighted by Gasteiger charge is -2.15. The van der Waals surface area contributed by atoms with E-state index in [1.807, 2.05) is 49.4 Å². The molecule has 4 nitrogen and oxygen atoms in total. The van der Waals surface area contributed by atoms with Crippen molar-refractivity contribution in [1.82, 2.24) is 4.98 Å². The lowest BCUT2D eigenvalue weighted by molar-refractivity contribution is -0.136. The predicted molar refractivity (Wildman–Crippen MR) is 102 cm³/mol. The van der Waals surface area contributed by atoms with E-state index in [9.17, 15) is 15.2 Å². The van der Waals surface area contributed by atoms with Gasteiger partial charge in [-0.25, -0.2) is 4.98 Å². The number of aromatic nitrogens is 1. The molecule has 0 fully saturated rings. The maximum absolute atomic E-state index is 11.8. The van der Waals surface area contributed by atoms with Crippen LogP contribution in [0.15, 0.2) is 71.8 Å². The summed E-state index contributed by atoms with van der Waals surface area (Å²) in [5.41, 5.74) is 3.51. The van der Waals surface area contributed by atoms with Crippen LogP contribution in [0.25, 0.3) is 11.3 Å². The smallest absolute Gasteiger partial charge is 0.321 e. The van der Waals surface area contributed by atoms with Gasteiger partial charge < -0.3 is 5.11 Å². The van der Waals surface area contributed by atoms with Gasteiger partial charge in [0.2, 0.25) is 0 Å². The number of nitrogens with zero attached hydrogens (tertiary/aromatic N) is 2. The first kappa shape index (κ1) is 17.7. The summed E-state index contributed by atoms with van der Waals surface area (Å²) in [6.07, 6.45) is 0. The van der Waals surface area contributed by atoms with Gasteiger partial charge in [-0.2, -0.15) is 5.26 Å². The van der Waals surface area contributed by atoms with Gasteiger partial charge in [-0.15, -0.1) is 0 Å². The van der Waals surface area contributed by atoms with Crippen molar-refractivity contribution in [1.29, 1.82) is 5.26 Å². The minimum Gasteiger partial charge on any atom is -0.480 e. The molecular weight excluding hydrogens is 344 g/mol. The van der Waals surface area contributed by atoms with Gasteiger partial charge in [0.15, 0.2) is 0 Å². The Morgan fingerprint density at radius 1 is 1.12 bits per heavy atom. The number of aliphatic carboxylic acids is 1. The summed E-state index contributed by atoms with van der Waals surface area (Å²) in [6, 6.07) is 22.6. The lowest BCUT2D eigenvalue weighted by Crippen LogP contribution is -2.09. The summed E-state index contributed by atoms with van der Waals surface area (Å²) < 4.78 is 0. The van der Waals surface area contributed by atoms with Crippen molar-refractivity contribution >= 4 is 17.7 Å². The normalized spacial score (nSPS) is 11.5. The fourth-order valence-electron chi connectivity index (χ4n) is 2.62. The van der Waals surface area contributed by atoms with E-state index in [0.717, 1.165) is 28.6 Å². The minimum absolute atomic E-state index is 0.414. The van der Waals surface area contributed by atoms with E-state index in [1.54, 1.807) is 24.3 Å². The van der Waals surface area contributed by atoms with Gasteiger partial charge in [0, 0.05) is 5.56 Å². The average molecular weight is 360 g/mol. The van der Waals surface area contributed by atoms with Crippen LogP contribution in [0.2, 0.25) is 0 Å². The SMILES string of the molecule is Cc1cc(-c2ccccc2)nc(SC(C(=O)O)c2ccccc2)c1C#N. The van der Waals surface area contributed by atoms with Crippen LogP contribution in [0.3, 0.4) is 0 Å². The van der Waals surface area contributed by atoms with E-state index in [2.05, 4.69) is 11.1 Å². The molecule has 0 saturated heterocycles. The Bertz CT molecular complexity index is 967. The zero-order chi connectivity index (χ0) is 18.5. The average Bonchev–Trinajstić information content (AvgIpc) is 2.67. The standard InChI is InChI=1S/C21H16N2O2S/c1-14-12-18(15-8-4-2-5-9-15)23-20(17(14)13-22)26-19(21(24)25)16-10-6-3-7-11-16/h2-12,19H,1H3,(H,24,25). The molecule has 3 aromatic rings. The number of rotatable bonds is 5. The number of hydrogen-bond donors (Lipinski definition) is 1. The zero-order valence-electron chi connectivity index (χ0n) is 14.1. The summed E-state index contributed by atoms with van der Waals surface area (Å²) in [6.45, 7) is 1.84. The highest BCUT2D eigenvalue weighted by atomic mass is 32.2. The van der Waals surface area contributed by atoms with Crippen molar-refractivity contribution in [2.45, 2.75) is 17.2 Å². The van der Waals surface area contributed by atoms with E-state index in [0.29, 0.717) is 16.2 Å². The summed E-state index contributed by atoms with van der Waals surface area (Å²) >= 11 is 1.09. The molecule has 0 saturated carbocycles. The summed E-state index contributed by atoms with van der Waals surface area (Å²) in [5.74, 6) is -0.963. The number of pyridine rings is 1. The van der Waals surface area contributed by atoms with Crippen LogP contribution in [0.1, 0.15) is 21.9 Å². The van der Waals surface area contributed by atoms with Gasteiger partial charge >= 0.3 is 5.97 Å². The van der Waals surface area contributed by atoms with Gasteiger partial charge in [-0.3, -0.25) is 4.79 Å². The molecule has 0 aliphatic carbocycles. The van der Waals surface area contributed by atoms with Gasteiger partial charge in [0.25, 0.3) is 0 Å². The summed E-state index contributed by atoms with van der Waals surface area (Å²) in [5, 5.41) is 18.8. The molecule has 1 atom stereocenters. The molecule has 0 aliphatic heterocycles. The fourth-order valence-corrected chi connectivity index (χ4v) is 3.71. The van der Waals surface area contributed by atoms with Crippen LogP contribution >= 0.6 is 11.8 Å². The quantitative estimate of drug-likeness (QED) is 0.659. The molecule has 5 heteroatoms. The Morgan fingerprint density at radius 3 is 2.31 bits per heavy atom. The third-order valence-electron chi connectivity index (χ3n) is 3.92. The molecule has 0 bridgehead atoms. The maximum atomic E-state index is 11.8. The van der Waals surface area contributed by atoms with Crippen molar-refractivity contribution in [3.8, 4) is 17.3 Å². The molecule has 0 amide bonds. The molecule has 0 aliphatic rings. The third-order valence-corrected chi connectivity index (χ3v) is 5.15. The number of carboxylic acid groups (broad SMARTS) is 1. The van der Waals surface area contributed by atoms with E-state index in [-0.39, 0.29) is 0 Å². The molecule has 26 heavy (non-hydrogen) atoms. The number of thioether (sulfide) groups is 1. The van der Waals surface area contributed by atoms with E-state index in [4.69, 9.17) is 0 Å². The van der Waals surface area contributed by atoms with Crippen molar-refractivity contribution in [3.63, 3.8) is 0 Å². The topological polar surface area (TPSA) is 74.0 Å². The first-order valence-corrected chi connectivity index (χ1v) is 8.89. The maximum Gasteiger partial charge on any atom is 0.321 e. The van der Waals surface area contributed by atoms with Crippen LogP contribution in [0, 0.1) is 18.3 Å². The second kappa shape index (κ2) is 7.85. The molecule has 128 valence electrons. The molecule has 1 aromatic heterocycles. The first-order valence-electron chi connectivity index (χ1n) is 8.01. The van der Waals surface area contributed by atoms with Crippen LogP contribution in [0.5, 0.6) is 0 Å². The number of nitriles is 1. The van der Waals surface area contributed by atoms with Gasteiger partial charge in [0.1, 0.15) is 16.3 Å². The lowest BCUT2D eigenvalue weighted by atomic mass is 10.1. The number of hydrogen-bond acceptors (Lipinski definition) is 4. The molecule has 0 radical (unpaired) electrons. The largest absolute Gasteiger partial charge is 0.480 e. The second-order valence-electron chi connectivity index (χ2n) is 5.73. The van der Waals surface area contributed by atoms with Gasteiger partial charge in [-0.05, 0) is 24.1 Å². The van der Waals surface area contributed by atoms with Crippen LogP contribution in [-0.2, 0) is 4.79 Å². The highest BCUT2D eigenvalue weighted by Gasteiger charge is 2.24. The van der Waals surface area contributed by atoms with Crippen LogP contribution in [-0.4, -0.2) is 16.1 Å². The molecule has 2 aromatic carbocycles. The van der Waals surface area contributed by atoms with E-state index >= 15 is 0 Å². The Labute approximate surface area is 156 Å². The number of aryl methyl sites for hydroxylation is 1. The molecule has 0 spiro atoms. The van der Waals surface area contributed by atoms with Crippen molar-refractivity contribution < 1.29 is 9.90 Å². The molecule has 3 rings (SSSR count). The number of benzene rings is 2. The minimum atomic E-state index is -0.963. The monoisotopic (exact) mass is 360 g/mol. The third kappa shape index (κ3) is 3.76. The first-order chi connectivity index (χ1) is 12.6. The summed E-state index contributed by atoms with van der Waals surface area (Å²) in [7, 11) is 0. The molecular formula is C21H16N2O2S. The van der Waals surface area contributed by atoms with Gasteiger partial charge in [0.05, 0.1) is 11.3 Å². The molecule has 1 heterocycles. The van der Waals surface area contributed by atoms with Crippen molar-refractivity contribution in [3.05, 3.63) is 83.4 Å². The fraction of sp³-hybridized carbons (Fsp3) is 0.0952. The predicted octanol–water partition coefficient (Wildman–Crippen LogP) is 4.85. The summed E-state index contributed by atoms with van der Waals surface area (Å²) in [4.78, 5) is 16.4. The Balaban J connectivity index is 2.07. The highest BCUT2D eigenvalue weighted by Crippen LogP contribution is 2.38. The Hall–Kier alpha value is -3.10. The zero-order valence-corrected chi connectivity index (χ0v) is 14.9. The number of carboxylic acids is 1. The number of carbonyl (C=O) groups is 1. The Kier molecular flexibility index (Phi) is 5.35. The van der Waals surface area contributed by atoms with E-state index < -0.39 is 11.2 Å². The second-order valence-corrected chi connectivity index (χ2v) is 6.82. The highest BCUT2D eigenvalue weighted by molar-refractivity contribution is 8.00. The van der Waals surface area contributed by atoms with E-state index in [1.165, 1.54) is 0 Å². The Morgan fingerprint density at radius 2 is 1.73 bits per heavy atom. The molecule has 1 N–H and O–H groups in total. The van der Waals surface area contributed by atoms with Crippen molar-refractivity contribution in [2.24, 2.45) is 0 Å².